The Kier molecular flexibility index (Phi) is 5.66. The molecule has 1 aliphatic heterocycles. The molecule has 0 saturated carbocycles. The summed E-state index contributed by atoms with van der Waals surface area (Å²) in [5.41, 5.74) is 0. The van der Waals surface area contributed by atoms with E-state index in [-0.39, 0.29) is 0 Å². The van der Waals surface area contributed by atoms with E-state index in [1.54, 1.807) is 0 Å². The summed E-state index contributed by atoms with van der Waals surface area (Å²) >= 11 is 0. The van der Waals surface area contributed by atoms with E-state index in [2.05, 4.69) is 24.2 Å². The number of piperazine rings is 1. The van der Waals surface area contributed by atoms with Crippen molar-refractivity contribution in [1.82, 2.24) is 10.2 Å². The highest BCUT2D eigenvalue weighted by molar-refractivity contribution is 5.62. The van der Waals surface area contributed by atoms with Crippen molar-refractivity contribution in [2.24, 2.45) is 0 Å². The minimum atomic E-state index is -0.833. The average Bonchev–Trinajstić information content (AvgIpc) is 1.84. The summed E-state index contributed by atoms with van der Waals surface area (Å²) in [6, 6.07) is 0.689. The van der Waals surface area contributed by atoms with Gasteiger partial charge in [0.05, 0.1) is 0 Å². The first-order valence-corrected chi connectivity index (χ1v) is 4.14. The summed E-state index contributed by atoms with van der Waals surface area (Å²) in [4.78, 5) is 11.3. The van der Waals surface area contributed by atoms with E-state index in [0.29, 0.717) is 6.04 Å². The Morgan fingerprint density at radius 1 is 1.67 bits per heavy atom. The molecule has 0 aliphatic carbocycles. The molecular weight excluding hydrogens is 156 g/mol. The number of aliphatic carboxylic acids is 1. The van der Waals surface area contributed by atoms with Gasteiger partial charge in [0.15, 0.2) is 0 Å². The molecule has 0 spiro atoms. The van der Waals surface area contributed by atoms with Crippen molar-refractivity contribution < 1.29 is 9.90 Å². The first-order valence-electron chi connectivity index (χ1n) is 4.14. The van der Waals surface area contributed by atoms with Gasteiger partial charge in [-0.05, 0) is 14.0 Å². The molecule has 0 aromatic rings. The molecule has 0 aromatic heterocycles. The van der Waals surface area contributed by atoms with Crippen molar-refractivity contribution in [2.75, 3.05) is 26.7 Å². The minimum Gasteiger partial charge on any atom is -0.481 e. The van der Waals surface area contributed by atoms with Crippen molar-refractivity contribution in [3.8, 4) is 0 Å². The zero-order valence-corrected chi connectivity index (χ0v) is 8.00. The predicted molar refractivity (Wildman–Crippen MR) is 48.3 cm³/mol. The standard InChI is InChI=1S/C6H14N2.C2H4O2/c1-6-5-8(2)4-3-7-6;1-2(3)4/h6-7H,3-5H2,1-2H3;1H3,(H,3,4). The third-order valence-electron chi connectivity index (χ3n) is 1.57. The normalized spacial score (nSPS) is 24.1. The number of nitrogens with one attached hydrogen (secondary N) is 1. The van der Waals surface area contributed by atoms with E-state index >= 15 is 0 Å². The lowest BCUT2D eigenvalue weighted by Gasteiger charge is -2.28. The van der Waals surface area contributed by atoms with Gasteiger partial charge in [0.25, 0.3) is 5.97 Å². The van der Waals surface area contributed by atoms with Crippen molar-refractivity contribution in [3.05, 3.63) is 0 Å². The van der Waals surface area contributed by atoms with Crippen LogP contribution in [-0.4, -0.2) is 48.7 Å². The van der Waals surface area contributed by atoms with E-state index < -0.39 is 5.97 Å². The third kappa shape index (κ3) is 7.50. The van der Waals surface area contributed by atoms with Crippen LogP contribution >= 0.6 is 0 Å². The lowest BCUT2D eigenvalue weighted by Crippen LogP contribution is -2.47. The van der Waals surface area contributed by atoms with Crippen LogP contribution in [0.5, 0.6) is 0 Å². The molecule has 1 rings (SSSR count). The van der Waals surface area contributed by atoms with E-state index in [1.165, 1.54) is 13.1 Å². The van der Waals surface area contributed by atoms with Gasteiger partial charge in [0.2, 0.25) is 0 Å². The second-order valence-electron chi connectivity index (χ2n) is 3.14. The second kappa shape index (κ2) is 5.97. The largest absolute Gasteiger partial charge is 0.481 e. The zero-order valence-electron chi connectivity index (χ0n) is 8.00. The monoisotopic (exact) mass is 174 g/mol. The number of carboxylic acids is 1. The summed E-state index contributed by atoms with van der Waals surface area (Å²) in [6.45, 7) is 6.84. The molecule has 12 heavy (non-hydrogen) atoms. The topological polar surface area (TPSA) is 52.6 Å². The van der Waals surface area contributed by atoms with Gasteiger partial charge in [0.1, 0.15) is 0 Å². The maximum atomic E-state index is 9.00. The Balaban J connectivity index is 0.000000261. The lowest BCUT2D eigenvalue weighted by molar-refractivity contribution is -0.134. The number of carboxylic acid groups (broad SMARTS) is 1. The van der Waals surface area contributed by atoms with E-state index in [9.17, 15) is 0 Å². The minimum absolute atomic E-state index is 0.689. The molecule has 2 N–H and O–H groups in total. The third-order valence-corrected chi connectivity index (χ3v) is 1.57. The van der Waals surface area contributed by atoms with E-state index in [0.717, 1.165) is 13.5 Å². The van der Waals surface area contributed by atoms with Gasteiger partial charge in [0, 0.05) is 32.6 Å². The molecule has 0 bridgehead atoms. The van der Waals surface area contributed by atoms with Crippen LogP contribution in [0.15, 0.2) is 0 Å². The zero-order chi connectivity index (χ0) is 9.56. The van der Waals surface area contributed by atoms with E-state index in [4.69, 9.17) is 9.90 Å². The molecule has 0 aromatic carbocycles. The smallest absolute Gasteiger partial charge is 0.300 e. The van der Waals surface area contributed by atoms with Crippen LogP contribution < -0.4 is 5.32 Å². The molecule has 4 nitrogen and oxygen atoms in total. The van der Waals surface area contributed by atoms with Gasteiger partial charge < -0.3 is 15.3 Å². The molecular formula is C8H18N2O2. The van der Waals surface area contributed by atoms with Crippen LogP contribution in [0, 0.1) is 0 Å². The molecule has 0 radical (unpaired) electrons. The predicted octanol–water partition coefficient (Wildman–Crippen LogP) is 0.000800. The molecule has 1 unspecified atom stereocenters. The fraction of sp³-hybridized carbons (Fsp3) is 0.875. The fourth-order valence-corrected chi connectivity index (χ4v) is 1.13. The molecule has 0 amide bonds. The molecule has 72 valence electrons. The van der Waals surface area contributed by atoms with Crippen LogP contribution in [0.3, 0.4) is 0 Å². The summed E-state index contributed by atoms with van der Waals surface area (Å²) in [5.74, 6) is -0.833. The Hall–Kier alpha value is -0.610. The van der Waals surface area contributed by atoms with Crippen LogP contribution in [0.2, 0.25) is 0 Å². The Morgan fingerprint density at radius 2 is 2.17 bits per heavy atom. The van der Waals surface area contributed by atoms with Gasteiger partial charge in [-0.15, -0.1) is 0 Å². The van der Waals surface area contributed by atoms with E-state index in [1.807, 2.05) is 0 Å². The van der Waals surface area contributed by atoms with Gasteiger partial charge in [-0.3, -0.25) is 4.79 Å². The highest BCUT2D eigenvalue weighted by atomic mass is 16.4. The maximum Gasteiger partial charge on any atom is 0.300 e. The quantitative estimate of drug-likeness (QED) is 0.543. The molecule has 1 aliphatic rings. The number of carbonyl (C=O) groups is 1. The summed E-state index contributed by atoms with van der Waals surface area (Å²) < 4.78 is 0. The Morgan fingerprint density at radius 3 is 2.42 bits per heavy atom. The highest BCUT2D eigenvalue weighted by Gasteiger charge is 2.09. The first kappa shape index (κ1) is 11.4. The molecule has 1 heterocycles. The average molecular weight is 174 g/mol. The summed E-state index contributed by atoms with van der Waals surface area (Å²) in [7, 11) is 2.16. The van der Waals surface area contributed by atoms with Crippen LogP contribution in [0.25, 0.3) is 0 Å². The van der Waals surface area contributed by atoms with Crippen LogP contribution in [0.1, 0.15) is 13.8 Å². The van der Waals surface area contributed by atoms with Crippen molar-refractivity contribution in [1.29, 1.82) is 0 Å². The molecule has 4 heteroatoms. The number of rotatable bonds is 0. The SMILES string of the molecule is CC(=O)O.CC1CN(C)CCN1. The molecule has 1 fully saturated rings. The van der Waals surface area contributed by atoms with Gasteiger partial charge in [-0.1, -0.05) is 0 Å². The maximum absolute atomic E-state index is 9.00. The van der Waals surface area contributed by atoms with Gasteiger partial charge in [-0.2, -0.15) is 0 Å². The summed E-state index contributed by atoms with van der Waals surface area (Å²) in [5, 5.41) is 10.8. The Labute approximate surface area is 73.6 Å². The first-order chi connectivity index (χ1) is 5.52. The highest BCUT2D eigenvalue weighted by Crippen LogP contribution is 1.92. The van der Waals surface area contributed by atoms with Crippen molar-refractivity contribution in [2.45, 2.75) is 19.9 Å². The number of hydrogen-bond acceptors (Lipinski definition) is 3. The number of likely N-dealkylation sites (N-methyl/N-ethyl adjacent to an activating group) is 1. The molecule has 1 saturated heterocycles. The van der Waals surface area contributed by atoms with Crippen molar-refractivity contribution in [3.63, 3.8) is 0 Å². The number of nitrogens with zero attached hydrogens (tertiary/aromatic N) is 1. The Bertz CT molecular complexity index is 127. The summed E-state index contributed by atoms with van der Waals surface area (Å²) in [6.07, 6.45) is 0. The van der Waals surface area contributed by atoms with Crippen LogP contribution in [0.4, 0.5) is 0 Å². The molecule has 1 atom stereocenters. The number of hydrogen-bond donors (Lipinski definition) is 2. The lowest BCUT2D eigenvalue weighted by atomic mass is 10.2. The van der Waals surface area contributed by atoms with Gasteiger partial charge >= 0.3 is 0 Å². The van der Waals surface area contributed by atoms with Gasteiger partial charge in [-0.25, -0.2) is 0 Å². The van der Waals surface area contributed by atoms with Crippen LogP contribution in [-0.2, 0) is 4.79 Å². The van der Waals surface area contributed by atoms with Crippen molar-refractivity contribution >= 4 is 5.97 Å². The fourth-order valence-electron chi connectivity index (χ4n) is 1.13. The second-order valence-corrected chi connectivity index (χ2v) is 3.14.